The minimum Gasteiger partial charge on any atom is -0.463 e. The summed E-state index contributed by atoms with van der Waals surface area (Å²) in [5, 5.41) is 15.7. The predicted octanol–water partition coefficient (Wildman–Crippen LogP) is 2.29. The Morgan fingerprint density at radius 2 is 1.90 bits per heavy atom. The van der Waals surface area contributed by atoms with E-state index in [4.69, 9.17) is 4.42 Å². The van der Waals surface area contributed by atoms with Crippen LogP contribution in [0.5, 0.6) is 0 Å². The lowest BCUT2D eigenvalue weighted by atomic mass is 10.0. The number of hydrogen-bond donors (Lipinski definition) is 3. The molecule has 1 aromatic carbocycles. The lowest BCUT2D eigenvalue weighted by Crippen LogP contribution is -2.43. The van der Waals surface area contributed by atoms with Gasteiger partial charge in [-0.3, -0.25) is 0 Å². The summed E-state index contributed by atoms with van der Waals surface area (Å²) in [6, 6.07) is 12.8. The SMILES string of the molecule is Cc1ccc(C(C)(O)CNC(=O)NCc2ccccc2)o1. The van der Waals surface area contributed by atoms with Gasteiger partial charge >= 0.3 is 6.03 Å². The molecule has 5 nitrogen and oxygen atoms in total. The van der Waals surface area contributed by atoms with Gasteiger partial charge in [0.25, 0.3) is 0 Å². The summed E-state index contributed by atoms with van der Waals surface area (Å²) in [7, 11) is 0. The summed E-state index contributed by atoms with van der Waals surface area (Å²) in [5.41, 5.74) is -0.223. The molecule has 1 atom stereocenters. The third kappa shape index (κ3) is 4.36. The van der Waals surface area contributed by atoms with Gasteiger partial charge in [-0.15, -0.1) is 0 Å². The van der Waals surface area contributed by atoms with Gasteiger partial charge in [-0.05, 0) is 31.5 Å². The van der Waals surface area contributed by atoms with Crippen molar-refractivity contribution in [1.29, 1.82) is 0 Å². The smallest absolute Gasteiger partial charge is 0.315 e. The maximum Gasteiger partial charge on any atom is 0.315 e. The highest BCUT2D eigenvalue weighted by atomic mass is 16.4. The van der Waals surface area contributed by atoms with Gasteiger partial charge in [0.1, 0.15) is 17.1 Å². The van der Waals surface area contributed by atoms with Crippen LogP contribution in [0.2, 0.25) is 0 Å². The predicted molar refractivity (Wildman–Crippen MR) is 79.7 cm³/mol. The third-order valence-electron chi connectivity index (χ3n) is 3.16. The Morgan fingerprint density at radius 3 is 2.52 bits per heavy atom. The van der Waals surface area contributed by atoms with E-state index in [1.807, 2.05) is 30.3 Å². The number of benzene rings is 1. The maximum atomic E-state index is 11.7. The van der Waals surface area contributed by atoms with Crippen molar-refractivity contribution in [3.63, 3.8) is 0 Å². The Kier molecular flexibility index (Phi) is 4.65. The lowest BCUT2D eigenvalue weighted by molar-refractivity contribution is 0.0360. The minimum atomic E-state index is -1.24. The number of hydrogen-bond acceptors (Lipinski definition) is 3. The van der Waals surface area contributed by atoms with Gasteiger partial charge in [0, 0.05) is 6.54 Å². The standard InChI is InChI=1S/C16H20N2O3/c1-12-8-9-14(21-12)16(2,20)11-18-15(19)17-10-13-6-4-3-5-7-13/h3-9,20H,10-11H2,1-2H3,(H2,17,18,19). The van der Waals surface area contributed by atoms with Crippen LogP contribution in [0.25, 0.3) is 0 Å². The molecule has 1 heterocycles. The molecule has 112 valence electrons. The van der Waals surface area contributed by atoms with Crippen LogP contribution in [0.1, 0.15) is 24.0 Å². The highest BCUT2D eigenvalue weighted by molar-refractivity contribution is 5.73. The van der Waals surface area contributed by atoms with Crippen molar-refractivity contribution in [3.8, 4) is 0 Å². The molecule has 0 spiro atoms. The number of carbonyl (C=O) groups is 1. The van der Waals surface area contributed by atoms with Crippen molar-refractivity contribution in [2.45, 2.75) is 26.0 Å². The lowest BCUT2D eigenvalue weighted by Gasteiger charge is -2.21. The molecule has 2 amide bonds. The fourth-order valence-corrected chi connectivity index (χ4v) is 1.90. The molecule has 0 aliphatic carbocycles. The summed E-state index contributed by atoms with van der Waals surface area (Å²) < 4.78 is 5.39. The zero-order valence-corrected chi connectivity index (χ0v) is 12.2. The van der Waals surface area contributed by atoms with Crippen LogP contribution in [0.15, 0.2) is 46.9 Å². The van der Waals surface area contributed by atoms with Crippen LogP contribution in [-0.2, 0) is 12.1 Å². The molecule has 0 saturated heterocycles. The first-order valence-corrected chi connectivity index (χ1v) is 6.82. The molecule has 5 heteroatoms. The number of aryl methyl sites for hydroxylation is 1. The number of urea groups is 1. The van der Waals surface area contributed by atoms with Gasteiger partial charge in [-0.1, -0.05) is 30.3 Å². The zero-order chi connectivity index (χ0) is 15.3. The Balaban J connectivity index is 1.81. The molecule has 21 heavy (non-hydrogen) atoms. The molecule has 0 fully saturated rings. The molecular weight excluding hydrogens is 268 g/mol. The van der Waals surface area contributed by atoms with E-state index < -0.39 is 5.60 Å². The molecule has 0 aliphatic heterocycles. The largest absolute Gasteiger partial charge is 0.463 e. The second-order valence-electron chi connectivity index (χ2n) is 5.21. The first-order chi connectivity index (χ1) is 9.97. The summed E-state index contributed by atoms with van der Waals surface area (Å²) in [6.45, 7) is 3.91. The van der Waals surface area contributed by atoms with Crippen molar-refractivity contribution in [3.05, 3.63) is 59.5 Å². The number of carbonyl (C=O) groups excluding carboxylic acids is 1. The molecule has 0 radical (unpaired) electrons. The fraction of sp³-hybridized carbons (Fsp3) is 0.312. The monoisotopic (exact) mass is 288 g/mol. The number of amides is 2. The van der Waals surface area contributed by atoms with Gasteiger partial charge < -0.3 is 20.2 Å². The highest BCUT2D eigenvalue weighted by Crippen LogP contribution is 2.21. The molecule has 0 aliphatic rings. The second-order valence-corrected chi connectivity index (χ2v) is 5.21. The fourth-order valence-electron chi connectivity index (χ4n) is 1.90. The first-order valence-electron chi connectivity index (χ1n) is 6.82. The first kappa shape index (κ1) is 15.1. The van der Waals surface area contributed by atoms with Crippen LogP contribution in [0.4, 0.5) is 4.79 Å². The van der Waals surface area contributed by atoms with E-state index in [2.05, 4.69) is 10.6 Å². The zero-order valence-electron chi connectivity index (χ0n) is 12.2. The quantitative estimate of drug-likeness (QED) is 0.790. The normalized spacial score (nSPS) is 13.5. The van der Waals surface area contributed by atoms with Crippen molar-refractivity contribution in [2.75, 3.05) is 6.54 Å². The molecular formula is C16H20N2O3. The van der Waals surface area contributed by atoms with E-state index in [0.717, 1.165) is 11.3 Å². The Morgan fingerprint density at radius 1 is 1.19 bits per heavy atom. The summed E-state index contributed by atoms with van der Waals surface area (Å²) in [6.07, 6.45) is 0. The van der Waals surface area contributed by atoms with Crippen molar-refractivity contribution in [1.82, 2.24) is 10.6 Å². The number of rotatable bonds is 5. The summed E-state index contributed by atoms with van der Waals surface area (Å²) in [4.78, 5) is 11.7. The molecule has 1 aromatic heterocycles. The van der Waals surface area contributed by atoms with Crippen LogP contribution < -0.4 is 10.6 Å². The van der Waals surface area contributed by atoms with E-state index in [-0.39, 0.29) is 12.6 Å². The second kappa shape index (κ2) is 6.45. The Hall–Kier alpha value is -2.27. The third-order valence-corrected chi connectivity index (χ3v) is 3.16. The Labute approximate surface area is 124 Å². The summed E-state index contributed by atoms with van der Waals surface area (Å²) in [5.74, 6) is 1.15. The van der Waals surface area contributed by atoms with Crippen LogP contribution in [0.3, 0.4) is 0 Å². The topological polar surface area (TPSA) is 74.5 Å². The number of furan rings is 1. The molecule has 2 aromatic rings. The number of nitrogens with one attached hydrogen (secondary N) is 2. The van der Waals surface area contributed by atoms with E-state index in [1.165, 1.54) is 0 Å². The van der Waals surface area contributed by atoms with Crippen molar-refractivity contribution >= 4 is 6.03 Å². The maximum absolute atomic E-state index is 11.7. The van der Waals surface area contributed by atoms with Gasteiger partial charge in [0.05, 0.1) is 6.54 Å². The van der Waals surface area contributed by atoms with Gasteiger partial charge in [-0.2, -0.15) is 0 Å². The average Bonchev–Trinajstić information content (AvgIpc) is 2.92. The Bertz CT molecular complexity index is 591. The van der Waals surface area contributed by atoms with Crippen LogP contribution in [-0.4, -0.2) is 17.7 Å². The van der Waals surface area contributed by atoms with E-state index in [0.29, 0.717) is 12.3 Å². The average molecular weight is 288 g/mol. The molecule has 0 saturated carbocycles. The van der Waals surface area contributed by atoms with Crippen LogP contribution >= 0.6 is 0 Å². The van der Waals surface area contributed by atoms with E-state index in [1.54, 1.807) is 26.0 Å². The van der Waals surface area contributed by atoms with Gasteiger partial charge in [-0.25, -0.2) is 4.79 Å². The summed E-state index contributed by atoms with van der Waals surface area (Å²) >= 11 is 0. The molecule has 1 unspecified atom stereocenters. The van der Waals surface area contributed by atoms with E-state index >= 15 is 0 Å². The van der Waals surface area contributed by atoms with Gasteiger partial charge in [0.2, 0.25) is 0 Å². The van der Waals surface area contributed by atoms with E-state index in [9.17, 15) is 9.90 Å². The highest BCUT2D eigenvalue weighted by Gasteiger charge is 2.27. The van der Waals surface area contributed by atoms with Crippen LogP contribution in [0, 0.1) is 6.92 Å². The van der Waals surface area contributed by atoms with Crippen molar-refractivity contribution < 1.29 is 14.3 Å². The molecule has 0 bridgehead atoms. The molecule has 3 N–H and O–H groups in total. The van der Waals surface area contributed by atoms with Gasteiger partial charge in [0.15, 0.2) is 0 Å². The molecule has 2 rings (SSSR count). The minimum absolute atomic E-state index is 0.0700. The number of aliphatic hydroxyl groups is 1. The van der Waals surface area contributed by atoms with Crippen molar-refractivity contribution in [2.24, 2.45) is 0 Å².